The van der Waals surface area contributed by atoms with Gasteiger partial charge in [-0.25, -0.2) is 0 Å². The Labute approximate surface area is 128 Å². The molecule has 0 saturated heterocycles. The smallest absolute Gasteiger partial charge is 0.155 e. The lowest BCUT2D eigenvalue weighted by Gasteiger charge is -2.51. The molecule has 0 aromatic heterocycles. The van der Waals surface area contributed by atoms with Gasteiger partial charge in [-0.15, -0.1) is 0 Å². The van der Waals surface area contributed by atoms with Crippen molar-refractivity contribution in [3.05, 3.63) is 36.0 Å². The Balaban J connectivity index is 1.70. The normalized spacial score (nSPS) is 44.9. The van der Waals surface area contributed by atoms with Gasteiger partial charge in [0.25, 0.3) is 0 Å². The fourth-order valence-electron chi connectivity index (χ4n) is 5.99. The number of ketones is 1. The topological polar surface area (TPSA) is 17.1 Å². The van der Waals surface area contributed by atoms with Crippen molar-refractivity contribution >= 4 is 5.78 Å². The molecule has 0 spiro atoms. The van der Waals surface area contributed by atoms with Crippen LogP contribution >= 0.6 is 0 Å². The van der Waals surface area contributed by atoms with E-state index in [0.717, 1.165) is 30.6 Å². The number of carbonyl (C=O) groups is 1. The number of hydrogen-bond acceptors (Lipinski definition) is 1. The fraction of sp³-hybridized carbons (Fsp3) is 0.650. The lowest BCUT2D eigenvalue weighted by atomic mass is 9.53. The number of fused-ring (bicyclic) bond motifs is 5. The van der Waals surface area contributed by atoms with E-state index in [4.69, 9.17) is 0 Å². The third-order valence-electron chi connectivity index (χ3n) is 7.02. The summed E-state index contributed by atoms with van der Waals surface area (Å²) in [6.07, 6.45) is 15.1. The highest BCUT2D eigenvalue weighted by atomic mass is 16.1. The van der Waals surface area contributed by atoms with E-state index in [1.54, 1.807) is 0 Å². The van der Waals surface area contributed by atoms with E-state index in [1.165, 1.54) is 43.3 Å². The van der Waals surface area contributed by atoms with Gasteiger partial charge >= 0.3 is 0 Å². The Kier molecular flexibility index (Phi) is 3.03. The minimum atomic E-state index is 0.331. The molecule has 2 saturated carbocycles. The maximum atomic E-state index is 11.7. The van der Waals surface area contributed by atoms with Gasteiger partial charge in [-0.3, -0.25) is 4.79 Å². The van der Waals surface area contributed by atoms with Crippen molar-refractivity contribution in [1.82, 2.24) is 0 Å². The van der Waals surface area contributed by atoms with Crippen LogP contribution in [0.5, 0.6) is 0 Å². The SMILES string of the molecule is C=C1C[C@H]2[C@@H]3C=CC4=CC(=O)CC[C@@H]4[C@H]3CC[C@]2(CC)C1. The van der Waals surface area contributed by atoms with Crippen molar-refractivity contribution in [2.75, 3.05) is 0 Å². The zero-order chi connectivity index (χ0) is 14.6. The van der Waals surface area contributed by atoms with E-state index in [-0.39, 0.29) is 0 Å². The molecule has 0 radical (unpaired) electrons. The molecule has 112 valence electrons. The highest BCUT2D eigenvalue weighted by Gasteiger charge is 2.53. The summed E-state index contributed by atoms with van der Waals surface area (Å²) in [7, 11) is 0. The molecule has 0 N–H and O–H groups in total. The van der Waals surface area contributed by atoms with Gasteiger partial charge in [-0.1, -0.05) is 31.2 Å². The molecule has 4 aliphatic rings. The summed E-state index contributed by atoms with van der Waals surface area (Å²) >= 11 is 0. The molecule has 1 nitrogen and oxygen atoms in total. The second-order valence-electron chi connectivity index (χ2n) is 7.85. The Morgan fingerprint density at radius 3 is 3.05 bits per heavy atom. The van der Waals surface area contributed by atoms with Crippen molar-refractivity contribution in [3.63, 3.8) is 0 Å². The monoisotopic (exact) mass is 282 g/mol. The number of rotatable bonds is 1. The summed E-state index contributed by atoms with van der Waals surface area (Å²) in [5, 5.41) is 0. The first kappa shape index (κ1) is 13.5. The molecule has 0 aromatic carbocycles. The van der Waals surface area contributed by atoms with Gasteiger partial charge < -0.3 is 0 Å². The lowest BCUT2D eigenvalue weighted by molar-refractivity contribution is -0.115. The predicted octanol–water partition coefficient (Wildman–Crippen LogP) is 4.85. The second-order valence-corrected chi connectivity index (χ2v) is 7.85. The molecule has 1 heteroatoms. The quantitative estimate of drug-likeness (QED) is 0.628. The minimum Gasteiger partial charge on any atom is -0.295 e. The summed E-state index contributed by atoms with van der Waals surface area (Å²) in [5.74, 6) is 3.31. The Morgan fingerprint density at radius 1 is 1.38 bits per heavy atom. The molecule has 0 bridgehead atoms. The fourth-order valence-corrected chi connectivity index (χ4v) is 5.99. The van der Waals surface area contributed by atoms with Crippen molar-refractivity contribution in [2.45, 2.75) is 51.9 Å². The average molecular weight is 282 g/mol. The first-order chi connectivity index (χ1) is 10.1. The standard InChI is InChI=1S/C20H26O/c1-3-20-9-8-17-16-7-5-15(21)11-14(16)4-6-18(17)19(20)10-13(2)12-20/h4,6,11,16-19H,2-3,5,7-10,12H2,1H3/t16-,17+,18+,19-,20+/m0/s1. The van der Waals surface area contributed by atoms with Gasteiger partial charge in [0.15, 0.2) is 5.78 Å². The largest absolute Gasteiger partial charge is 0.295 e. The summed E-state index contributed by atoms with van der Waals surface area (Å²) < 4.78 is 0. The maximum Gasteiger partial charge on any atom is 0.155 e. The van der Waals surface area contributed by atoms with Gasteiger partial charge in [-0.2, -0.15) is 0 Å². The molecular weight excluding hydrogens is 256 g/mol. The number of hydrogen-bond donors (Lipinski definition) is 0. The van der Waals surface area contributed by atoms with Crippen LogP contribution in [-0.2, 0) is 4.79 Å². The Hall–Kier alpha value is -1.11. The molecule has 0 unspecified atom stereocenters. The van der Waals surface area contributed by atoms with Gasteiger partial charge in [-0.05, 0) is 79.3 Å². The van der Waals surface area contributed by atoms with Crippen LogP contribution in [0.25, 0.3) is 0 Å². The van der Waals surface area contributed by atoms with E-state index < -0.39 is 0 Å². The van der Waals surface area contributed by atoms with Crippen LogP contribution < -0.4 is 0 Å². The third-order valence-corrected chi connectivity index (χ3v) is 7.02. The molecule has 0 heterocycles. The third kappa shape index (κ3) is 1.93. The number of carbonyl (C=O) groups excluding carboxylic acids is 1. The minimum absolute atomic E-state index is 0.331. The van der Waals surface area contributed by atoms with Crippen molar-refractivity contribution in [3.8, 4) is 0 Å². The van der Waals surface area contributed by atoms with E-state index >= 15 is 0 Å². The zero-order valence-electron chi connectivity index (χ0n) is 13.1. The molecule has 21 heavy (non-hydrogen) atoms. The van der Waals surface area contributed by atoms with E-state index in [2.05, 4.69) is 25.7 Å². The van der Waals surface area contributed by atoms with Crippen LogP contribution in [0, 0.1) is 29.1 Å². The Morgan fingerprint density at radius 2 is 2.24 bits per heavy atom. The predicted molar refractivity (Wildman–Crippen MR) is 85.8 cm³/mol. The van der Waals surface area contributed by atoms with Gasteiger partial charge in [0, 0.05) is 6.42 Å². The van der Waals surface area contributed by atoms with Gasteiger partial charge in [0.2, 0.25) is 0 Å². The van der Waals surface area contributed by atoms with Crippen molar-refractivity contribution in [2.24, 2.45) is 29.1 Å². The van der Waals surface area contributed by atoms with Crippen LogP contribution in [0.4, 0.5) is 0 Å². The van der Waals surface area contributed by atoms with Crippen LogP contribution in [-0.4, -0.2) is 5.78 Å². The summed E-state index contributed by atoms with van der Waals surface area (Å²) in [6.45, 7) is 6.70. The van der Waals surface area contributed by atoms with Crippen LogP contribution in [0.1, 0.15) is 51.9 Å². The first-order valence-corrected chi connectivity index (χ1v) is 8.72. The molecule has 4 rings (SSSR count). The van der Waals surface area contributed by atoms with Crippen LogP contribution in [0.3, 0.4) is 0 Å². The Bertz CT molecular complexity index is 552. The maximum absolute atomic E-state index is 11.7. The highest BCUT2D eigenvalue weighted by Crippen LogP contribution is 2.62. The van der Waals surface area contributed by atoms with Crippen molar-refractivity contribution < 1.29 is 4.79 Å². The molecule has 0 aliphatic heterocycles. The van der Waals surface area contributed by atoms with Gasteiger partial charge in [0.1, 0.15) is 0 Å². The summed E-state index contributed by atoms with van der Waals surface area (Å²) in [4.78, 5) is 11.7. The van der Waals surface area contributed by atoms with Crippen LogP contribution in [0.15, 0.2) is 36.0 Å². The molecule has 5 atom stereocenters. The van der Waals surface area contributed by atoms with E-state index in [0.29, 0.717) is 17.1 Å². The second kappa shape index (κ2) is 4.69. The van der Waals surface area contributed by atoms with Gasteiger partial charge in [0.05, 0.1) is 0 Å². The van der Waals surface area contributed by atoms with Crippen molar-refractivity contribution in [1.29, 1.82) is 0 Å². The molecular formula is C20H26O. The average Bonchev–Trinajstić information content (AvgIpc) is 2.83. The van der Waals surface area contributed by atoms with E-state index in [1.807, 2.05) is 6.08 Å². The van der Waals surface area contributed by atoms with Crippen LogP contribution in [0.2, 0.25) is 0 Å². The van der Waals surface area contributed by atoms with E-state index in [9.17, 15) is 4.79 Å². The number of allylic oxidation sites excluding steroid dienone is 5. The summed E-state index contributed by atoms with van der Waals surface area (Å²) in [6, 6.07) is 0. The molecule has 2 fully saturated rings. The molecule has 0 aromatic rings. The molecule has 0 amide bonds. The summed E-state index contributed by atoms with van der Waals surface area (Å²) in [5.41, 5.74) is 3.35. The first-order valence-electron chi connectivity index (χ1n) is 8.72. The highest BCUT2D eigenvalue weighted by molar-refractivity contribution is 5.91. The zero-order valence-corrected chi connectivity index (χ0v) is 13.1. The molecule has 4 aliphatic carbocycles. The lowest BCUT2D eigenvalue weighted by Crippen LogP contribution is -2.43.